The zero-order valence-corrected chi connectivity index (χ0v) is 12.3. The molecule has 6 heteroatoms. The highest BCUT2D eigenvalue weighted by Gasteiger charge is 2.23. The van der Waals surface area contributed by atoms with Crippen LogP contribution in [0.1, 0.15) is 31.7 Å². The average Bonchev–Trinajstić information content (AvgIpc) is 2.49. The molecule has 1 aromatic rings. The topological polar surface area (TPSA) is 58.4 Å². The van der Waals surface area contributed by atoms with E-state index in [0.29, 0.717) is 18.2 Å². The largest absolute Gasteiger partial charge is 0.317 e. The quantitative estimate of drug-likeness (QED) is 0.647. The van der Waals surface area contributed by atoms with Crippen molar-refractivity contribution in [1.29, 1.82) is 0 Å². The van der Waals surface area contributed by atoms with Crippen LogP contribution < -0.4 is 5.32 Å². The van der Waals surface area contributed by atoms with Crippen molar-refractivity contribution >= 4 is 5.69 Å². The minimum absolute atomic E-state index is 0.413. The Balaban J connectivity index is 2.16. The van der Waals surface area contributed by atoms with Crippen LogP contribution in [0.3, 0.4) is 0 Å². The van der Waals surface area contributed by atoms with Gasteiger partial charge in [0, 0.05) is 24.2 Å². The first-order valence-electron chi connectivity index (χ1n) is 7.50. The highest BCUT2D eigenvalue weighted by Crippen LogP contribution is 2.23. The molecule has 0 unspecified atom stereocenters. The molecular formula is C15H22FN3O2. The van der Waals surface area contributed by atoms with E-state index in [2.05, 4.69) is 17.1 Å². The van der Waals surface area contributed by atoms with Crippen LogP contribution in [0.5, 0.6) is 0 Å². The van der Waals surface area contributed by atoms with E-state index in [4.69, 9.17) is 0 Å². The Labute approximate surface area is 124 Å². The molecule has 0 aliphatic carbocycles. The number of nitro benzene ring substituents is 1. The second kappa shape index (κ2) is 7.47. The van der Waals surface area contributed by atoms with E-state index in [0.717, 1.165) is 38.9 Å². The predicted molar refractivity (Wildman–Crippen MR) is 79.6 cm³/mol. The molecule has 5 nitrogen and oxygen atoms in total. The average molecular weight is 295 g/mol. The summed E-state index contributed by atoms with van der Waals surface area (Å²) < 4.78 is 14.2. The molecule has 2 rings (SSSR count). The fourth-order valence-corrected chi connectivity index (χ4v) is 2.90. The molecule has 116 valence electrons. The van der Waals surface area contributed by atoms with Gasteiger partial charge in [0.2, 0.25) is 5.82 Å². The Kier molecular flexibility index (Phi) is 5.64. The van der Waals surface area contributed by atoms with Crippen LogP contribution >= 0.6 is 0 Å². The van der Waals surface area contributed by atoms with Crippen LogP contribution in [-0.4, -0.2) is 35.5 Å². The van der Waals surface area contributed by atoms with E-state index in [1.807, 2.05) is 0 Å². The fourth-order valence-electron chi connectivity index (χ4n) is 2.90. The highest BCUT2D eigenvalue weighted by atomic mass is 19.1. The summed E-state index contributed by atoms with van der Waals surface area (Å²) in [5.41, 5.74) is -0.0227. The molecule has 1 aliphatic rings. The van der Waals surface area contributed by atoms with E-state index in [-0.39, 0.29) is 0 Å². The summed E-state index contributed by atoms with van der Waals surface area (Å²) in [7, 11) is 0. The van der Waals surface area contributed by atoms with Gasteiger partial charge in [-0.1, -0.05) is 19.1 Å². The minimum atomic E-state index is -0.697. The number of rotatable bonds is 6. The summed E-state index contributed by atoms with van der Waals surface area (Å²) in [4.78, 5) is 12.4. The number of nitrogens with one attached hydrogen (secondary N) is 1. The first-order valence-corrected chi connectivity index (χ1v) is 7.50. The molecule has 21 heavy (non-hydrogen) atoms. The van der Waals surface area contributed by atoms with Crippen molar-refractivity contribution in [2.45, 2.75) is 38.8 Å². The summed E-state index contributed by atoms with van der Waals surface area (Å²) in [5, 5.41) is 14.2. The summed E-state index contributed by atoms with van der Waals surface area (Å²) in [5.74, 6) is -0.697. The van der Waals surface area contributed by atoms with E-state index >= 15 is 0 Å². The molecule has 1 N–H and O–H groups in total. The second-order valence-corrected chi connectivity index (χ2v) is 5.46. The number of nitro groups is 1. The maximum Gasteiger partial charge on any atom is 0.305 e. The van der Waals surface area contributed by atoms with E-state index in [1.165, 1.54) is 6.07 Å². The third-order valence-electron chi connectivity index (χ3n) is 3.96. The van der Waals surface area contributed by atoms with Crippen LogP contribution in [-0.2, 0) is 6.54 Å². The van der Waals surface area contributed by atoms with Gasteiger partial charge < -0.3 is 5.32 Å². The Morgan fingerprint density at radius 3 is 2.76 bits per heavy atom. The normalized spacial score (nSPS) is 16.3. The summed E-state index contributed by atoms with van der Waals surface area (Å²) >= 11 is 0. The van der Waals surface area contributed by atoms with E-state index < -0.39 is 16.4 Å². The molecule has 0 atom stereocenters. The van der Waals surface area contributed by atoms with E-state index in [1.54, 1.807) is 12.1 Å². The molecule has 1 heterocycles. The van der Waals surface area contributed by atoms with Crippen LogP contribution in [0.2, 0.25) is 0 Å². The minimum Gasteiger partial charge on any atom is -0.317 e. The molecule has 0 saturated carbocycles. The van der Waals surface area contributed by atoms with Gasteiger partial charge in [-0.05, 0) is 38.9 Å². The van der Waals surface area contributed by atoms with Crippen molar-refractivity contribution in [3.05, 3.63) is 39.7 Å². The SMILES string of the molecule is CCCN(Cc1cccc([N+](=O)[O-])c1F)C1CCNCC1. The smallest absolute Gasteiger partial charge is 0.305 e. The lowest BCUT2D eigenvalue weighted by Crippen LogP contribution is -2.43. The summed E-state index contributed by atoms with van der Waals surface area (Å²) in [6.07, 6.45) is 3.06. The van der Waals surface area contributed by atoms with Gasteiger partial charge in [-0.15, -0.1) is 0 Å². The van der Waals surface area contributed by atoms with Gasteiger partial charge in [0.1, 0.15) is 0 Å². The molecule has 0 spiro atoms. The van der Waals surface area contributed by atoms with Gasteiger partial charge in [0.25, 0.3) is 0 Å². The van der Waals surface area contributed by atoms with Crippen LogP contribution in [0.25, 0.3) is 0 Å². The van der Waals surface area contributed by atoms with Crippen LogP contribution in [0.4, 0.5) is 10.1 Å². The standard InChI is InChI=1S/C15H22FN3O2/c1-2-10-18(13-6-8-17-9-7-13)11-12-4-3-5-14(15(12)16)19(20)21/h3-5,13,17H,2,6-11H2,1H3. The van der Waals surface area contributed by atoms with Crippen molar-refractivity contribution < 1.29 is 9.31 Å². The van der Waals surface area contributed by atoms with Gasteiger partial charge in [0.15, 0.2) is 0 Å². The Morgan fingerprint density at radius 2 is 2.14 bits per heavy atom. The Hall–Kier alpha value is -1.53. The summed E-state index contributed by atoms with van der Waals surface area (Å²) in [6.45, 7) is 5.36. The number of piperidine rings is 1. The predicted octanol–water partition coefficient (Wildman–Crippen LogP) is 2.70. The number of benzene rings is 1. The molecular weight excluding hydrogens is 273 g/mol. The zero-order chi connectivity index (χ0) is 15.2. The number of hydrogen-bond acceptors (Lipinski definition) is 4. The highest BCUT2D eigenvalue weighted by molar-refractivity contribution is 5.36. The lowest BCUT2D eigenvalue weighted by atomic mass is 10.0. The third-order valence-corrected chi connectivity index (χ3v) is 3.96. The van der Waals surface area contributed by atoms with Crippen molar-refractivity contribution in [2.24, 2.45) is 0 Å². The molecule has 0 aromatic heterocycles. The monoisotopic (exact) mass is 295 g/mol. The van der Waals surface area contributed by atoms with Crippen molar-refractivity contribution in [2.75, 3.05) is 19.6 Å². The number of nitrogens with zero attached hydrogens (tertiary/aromatic N) is 2. The molecule has 0 bridgehead atoms. The van der Waals surface area contributed by atoms with Crippen molar-refractivity contribution in [3.63, 3.8) is 0 Å². The molecule has 1 fully saturated rings. The second-order valence-electron chi connectivity index (χ2n) is 5.46. The maximum atomic E-state index is 14.2. The third kappa shape index (κ3) is 3.98. The molecule has 0 radical (unpaired) electrons. The van der Waals surface area contributed by atoms with Gasteiger partial charge in [-0.2, -0.15) is 4.39 Å². The zero-order valence-electron chi connectivity index (χ0n) is 12.3. The van der Waals surface area contributed by atoms with Gasteiger partial charge in [-0.3, -0.25) is 15.0 Å². The van der Waals surface area contributed by atoms with Crippen molar-refractivity contribution in [1.82, 2.24) is 10.2 Å². The van der Waals surface area contributed by atoms with Gasteiger partial charge in [-0.25, -0.2) is 0 Å². The lowest BCUT2D eigenvalue weighted by Gasteiger charge is -2.34. The van der Waals surface area contributed by atoms with Crippen LogP contribution in [0.15, 0.2) is 18.2 Å². The Morgan fingerprint density at radius 1 is 1.43 bits per heavy atom. The molecule has 0 amide bonds. The fraction of sp³-hybridized carbons (Fsp3) is 0.600. The Bertz CT molecular complexity index is 490. The van der Waals surface area contributed by atoms with Crippen LogP contribution in [0, 0.1) is 15.9 Å². The van der Waals surface area contributed by atoms with E-state index in [9.17, 15) is 14.5 Å². The van der Waals surface area contributed by atoms with Gasteiger partial charge in [0.05, 0.1) is 4.92 Å². The summed E-state index contributed by atoms with van der Waals surface area (Å²) in [6, 6.07) is 4.84. The lowest BCUT2D eigenvalue weighted by molar-refractivity contribution is -0.387. The number of hydrogen-bond donors (Lipinski definition) is 1. The molecule has 1 aromatic carbocycles. The number of halogens is 1. The first kappa shape index (κ1) is 15.9. The maximum absolute atomic E-state index is 14.2. The molecule has 1 aliphatic heterocycles. The first-order chi connectivity index (χ1) is 10.1. The van der Waals surface area contributed by atoms with Crippen molar-refractivity contribution in [3.8, 4) is 0 Å². The molecule has 1 saturated heterocycles. The van der Waals surface area contributed by atoms with Gasteiger partial charge >= 0.3 is 5.69 Å².